The zero-order valence-corrected chi connectivity index (χ0v) is 15.5. The molecule has 6 heteroatoms. The number of fused-ring (bicyclic) bond motifs is 2. The molecule has 0 saturated heterocycles. The van der Waals surface area contributed by atoms with Gasteiger partial charge < -0.3 is 19.9 Å². The largest absolute Gasteiger partial charge is 0.477 e. The lowest BCUT2D eigenvalue weighted by atomic mass is 10.1. The first-order valence-electron chi connectivity index (χ1n) is 9.20. The van der Waals surface area contributed by atoms with Crippen LogP contribution >= 0.6 is 0 Å². The number of hydrogen-bond donors (Lipinski definition) is 1. The van der Waals surface area contributed by atoms with E-state index in [9.17, 15) is 9.59 Å². The molecular weight excluding hydrogens is 342 g/mol. The highest BCUT2D eigenvalue weighted by Crippen LogP contribution is 2.35. The summed E-state index contributed by atoms with van der Waals surface area (Å²) in [5.74, 6) is 0.460. The average molecular weight is 365 g/mol. The van der Waals surface area contributed by atoms with Crippen molar-refractivity contribution in [2.24, 2.45) is 0 Å². The van der Waals surface area contributed by atoms with E-state index in [1.54, 1.807) is 7.05 Å². The zero-order valence-electron chi connectivity index (χ0n) is 15.5. The van der Waals surface area contributed by atoms with Crippen LogP contribution in [0.4, 0.5) is 11.4 Å². The van der Waals surface area contributed by atoms with Gasteiger partial charge in [-0.05, 0) is 37.1 Å². The summed E-state index contributed by atoms with van der Waals surface area (Å²) in [6.45, 7) is 2.61. The SMILES string of the molecule is CNC(=O)[C@H]1CN(CC(=O)N2c3ccccc3C[C@H]2C)c2ccccc2O1. The summed E-state index contributed by atoms with van der Waals surface area (Å²) < 4.78 is 5.82. The molecule has 2 aliphatic heterocycles. The van der Waals surface area contributed by atoms with Gasteiger partial charge in [0.25, 0.3) is 5.91 Å². The summed E-state index contributed by atoms with van der Waals surface area (Å²) in [5, 5.41) is 2.63. The Bertz CT molecular complexity index is 882. The van der Waals surface area contributed by atoms with Crippen molar-refractivity contribution < 1.29 is 14.3 Å². The second-order valence-electron chi connectivity index (χ2n) is 7.01. The van der Waals surface area contributed by atoms with Crippen molar-refractivity contribution in [2.75, 3.05) is 29.9 Å². The van der Waals surface area contributed by atoms with Gasteiger partial charge in [0.15, 0.2) is 6.10 Å². The Kier molecular flexibility index (Phi) is 4.48. The standard InChI is InChI=1S/C21H23N3O3/c1-14-11-15-7-3-4-8-16(15)24(14)20(25)13-23-12-19(21(26)22-2)27-18-10-6-5-9-17(18)23/h3-10,14,19H,11-13H2,1-2H3,(H,22,26)/t14-,19-/m1/s1. The molecule has 2 atom stereocenters. The molecule has 0 fully saturated rings. The van der Waals surface area contributed by atoms with Crippen molar-refractivity contribution in [1.82, 2.24) is 5.32 Å². The van der Waals surface area contributed by atoms with Crippen molar-refractivity contribution in [3.8, 4) is 5.75 Å². The van der Waals surface area contributed by atoms with Crippen molar-refractivity contribution in [3.05, 3.63) is 54.1 Å². The van der Waals surface area contributed by atoms with Crippen LogP contribution in [-0.4, -0.2) is 44.1 Å². The maximum absolute atomic E-state index is 13.2. The van der Waals surface area contributed by atoms with Gasteiger partial charge in [-0.3, -0.25) is 9.59 Å². The topological polar surface area (TPSA) is 61.9 Å². The van der Waals surface area contributed by atoms with Crippen molar-refractivity contribution in [3.63, 3.8) is 0 Å². The molecule has 6 nitrogen and oxygen atoms in total. The van der Waals surface area contributed by atoms with E-state index >= 15 is 0 Å². The Morgan fingerprint density at radius 3 is 2.59 bits per heavy atom. The Labute approximate surface area is 158 Å². The van der Waals surface area contributed by atoms with Gasteiger partial charge in [0, 0.05) is 18.8 Å². The molecule has 0 unspecified atom stereocenters. The third kappa shape index (κ3) is 3.12. The van der Waals surface area contributed by atoms with Crippen molar-refractivity contribution >= 4 is 23.2 Å². The molecule has 2 aromatic rings. The maximum Gasteiger partial charge on any atom is 0.262 e. The van der Waals surface area contributed by atoms with E-state index in [0.717, 1.165) is 17.8 Å². The maximum atomic E-state index is 13.2. The van der Waals surface area contributed by atoms with Crippen LogP contribution in [0.15, 0.2) is 48.5 Å². The minimum atomic E-state index is -0.638. The number of benzene rings is 2. The molecule has 0 bridgehead atoms. The summed E-state index contributed by atoms with van der Waals surface area (Å²) >= 11 is 0. The van der Waals surface area contributed by atoms with E-state index in [1.165, 1.54) is 5.56 Å². The highest BCUT2D eigenvalue weighted by Gasteiger charge is 2.35. The summed E-state index contributed by atoms with van der Waals surface area (Å²) in [6, 6.07) is 15.7. The van der Waals surface area contributed by atoms with Gasteiger partial charge in [-0.1, -0.05) is 30.3 Å². The van der Waals surface area contributed by atoms with Crippen LogP contribution in [0, 0.1) is 0 Å². The normalized spacial score (nSPS) is 20.5. The van der Waals surface area contributed by atoms with Crippen LogP contribution in [-0.2, 0) is 16.0 Å². The summed E-state index contributed by atoms with van der Waals surface area (Å²) in [4.78, 5) is 29.1. The van der Waals surface area contributed by atoms with Crippen LogP contribution in [0.1, 0.15) is 12.5 Å². The predicted molar refractivity (Wildman–Crippen MR) is 104 cm³/mol. The third-order valence-electron chi connectivity index (χ3n) is 5.20. The predicted octanol–water partition coefficient (Wildman–Crippen LogP) is 1.98. The van der Waals surface area contributed by atoms with Gasteiger partial charge in [0.1, 0.15) is 5.75 Å². The number of ether oxygens (including phenoxy) is 1. The van der Waals surface area contributed by atoms with Crippen molar-refractivity contribution in [1.29, 1.82) is 0 Å². The summed E-state index contributed by atoms with van der Waals surface area (Å²) in [7, 11) is 1.59. The molecule has 2 amide bonds. The van der Waals surface area contributed by atoms with Gasteiger partial charge in [-0.2, -0.15) is 0 Å². The highest BCUT2D eigenvalue weighted by molar-refractivity contribution is 5.99. The van der Waals surface area contributed by atoms with E-state index in [0.29, 0.717) is 12.3 Å². The highest BCUT2D eigenvalue weighted by atomic mass is 16.5. The van der Waals surface area contributed by atoms with Crippen LogP contribution in [0.5, 0.6) is 5.75 Å². The van der Waals surface area contributed by atoms with E-state index in [1.807, 2.05) is 52.3 Å². The van der Waals surface area contributed by atoms with Gasteiger partial charge >= 0.3 is 0 Å². The molecular formula is C21H23N3O3. The van der Waals surface area contributed by atoms with Crippen LogP contribution in [0.2, 0.25) is 0 Å². The number of nitrogens with zero attached hydrogens (tertiary/aromatic N) is 2. The number of para-hydroxylation sites is 3. The Balaban J connectivity index is 1.60. The van der Waals surface area contributed by atoms with Crippen molar-refractivity contribution in [2.45, 2.75) is 25.5 Å². The molecule has 0 aliphatic carbocycles. The lowest BCUT2D eigenvalue weighted by molar-refractivity contribution is -0.127. The molecule has 2 aromatic carbocycles. The number of carbonyl (C=O) groups excluding carboxylic acids is 2. The number of likely N-dealkylation sites (N-methyl/N-ethyl adjacent to an activating group) is 1. The number of nitrogens with one attached hydrogen (secondary N) is 1. The zero-order chi connectivity index (χ0) is 19.0. The fourth-order valence-corrected chi connectivity index (χ4v) is 3.94. The minimum Gasteiger partial charge on any atom is -0.477 e. The smallest absolute Gasteiger partial charge is 0.262 e. The Morgan fingerprint density at radius 2 is 1.81 bits per heavy atom. The van der Waals surface area contributed by atoms with Crippen LogP contribution in [0.25, 0.3) is 0 Å². The fourth-order valence-electron chi connectivity index (χ4n) is 3.94. The van der Waals surface area contributed by atoms with Gasteiger partial charge in [0.2, 0.25) is 5.91 Å². The number of rotatable bonds is 3. The molecule has 0 radical (unpaired) electrons. The quantitative estimate of drug-likeness (QED) is 0.904. The molecule has 140 valence electrons. The second kappa shape index (κ2) is 6.95. The fraction of sp³-hybridized carbons (Fsp3) is 0.333. The molecule has 1 N–H and O–H groups in total. The van der Waals surface area contributed by atoms with E-state index in [-0.39, 0.29) is 24.4 Å². The number of anilines is 2. The first-order chi connectivity index (χ1) is 13.1. The third-order valence-corrected chi connectivity index (χ3v) is 5.20. The molecule has 2 aliphatic rings. The van der Waals surface area contributed by atoms with Gasteiger partial charge in [0.05, 0.1) is 18.8 Å². The van der Waals surface area contributed by atoms with Crippen LogP contribution < -0.4 is 19.9 Å². The molecule has 0 saturated carbocycles. The molecule has 4 rings (SSSR count). The minimum absolute atomic E-state index is 0.0276. The number of carbonyl (C=O) groups is 2. The van der Waals surface area contributed by atoms with Gasteiger partial charge in [-0.25, -0.2) is 0 Å². The van der Waals surface area contributed by atoms with Gasteiger partial charge in [-0.15, -0.1) is 0 Å². The lowest BCUT2D eigenvalue weighted by Gasteiger charge is -2.36. The Hall–Kier alpha value is -3.02. The van der Waals surface area contributed by atoms with Crippen LogP contribution in [0.3, 0.4) is 0 Å². The lowest BCUT2D eigenvalue weighted by Crippen LogP contribution is -2.51. The molecule has 0 aromatic heterocycles. The summed E-state index contributed by atoms with van der Waals surface area (Å²) in [5.41, 5.74) is 3.02. The van der Waals surface area contributed by atoms with E-state index in [4.69, 9.17) is 4.74 Å². The molecule has 2 heterocycles. The van der Waals surface area contributed by atoms with E-state index < -0.39 is 6.10 Å². The summed E-state index contributed by atoms with van der Waals surface area (Å²) in [6.07, 6.45) is 0.226. The number of hydrogen-bond acceptors (Lipinski definition) is 4. The van der Waals surface area contributed by atoms with E-state index in [2.05, 4.69) is 18.3 Å². The number of amides is 2. The molecule has 0 spiro atoms. The first-order valence-corrected chi connectivity index (χ1v) is 9.20. The Morgan fingerprint density at radius 1 is 1.11 bits per heavy atom. The molecule has 27 heavy (non-hydrogen) atoms. The first kappa shape index (κ1) is 17.4. The average Bonchev–Trinajstić information content (AvgIpc) is 3.03. The monoisotopic (exact) mass is 365 g/mol. The second-order valence-corrected chi connectivity index (χ2v) is 7.01.